The first-order chi connectivity index (χ1) is 13.0. The first-order valence-corrected chi connectivity index (χ1v) is 9.18. The number of aliphatic hydroxyl groups excluding tert-OH is 2. The van der Waals surface area contributed by atoms with Crippen molar-refractivity contribution in [1.29, 1.82) is 0 Å². The van der Waals surface area contributed by atoms with Crippen molar-refractivity contribution in [1.82, 2.24) is 0 Å². The summed E-state index contributed by atoms with van der Waals surface area (Å²) in [6, 6.07) is 8.31. The molecule has 3 rings (SSSR count). The number of benzene rings is 1. The first kappa shape index (κ1) is 19.1. The molecule has 27 heavy (non-hydrogen) atoms. The number of carboxylic acids is 1. The van der Waals surface area contributed by atoms with Gasteiger partial charge in [0.05, 0.1) is 18.6 Å². The molecule has 140 valence electrons. The van der Waals surface area contributed by atoms with Crippen LogP contribution in [0.5, 0.6) is 0 Å². The van der Waals surface area contributed by atoms with Crippen LogP contribution in [-0.4, -0.2) is 33.5 Å². The highest BCUT2D eigenvalue weighted by molar-refractivity contribution is 5.90. The maximum atomic E-state index is 10.6. The maximum absolute atomic E-state index is 10.6. The number of carbonyl (C=O) groups is 1. The van der Waals surface area contributed by atoms with Gasteiger partial charge in [-0.2, -0.15) is 0 Å². The molecule has 0 aliphatic heterocycles. The Labute approximate surface area is 159 Å². The van der Waals surface area contributed by atoms with E-state index in [0.29, 0.717) is 0 Å². The van der Waals surface area contributed by atoms with E-state index >= 15 is 0 Å². The quantitative estimate of drug-likeness (QED) is 0.716. The molecule has 0 fully saturated rings. The van der Waals surface area contributed by atoms with E-state index in [1.165, 1.54) is 16.7 Å². The molecule has 2 atom stereocenters. The average molecular weight is 364 g/mol. The lowest BCUT2D eigenvalue weighted by Crippen LogP contribution is -2.19. The van der Waals surface area contributed by atoms with Crippen LogP contribution in [0.2, 0.25) is 0 Å². The summed E-state index contributed by atoms with van der Waals surface area (Å²) in [5, 5.41) is 28.3. The highest BCUT2D eigenvalue weighted by Crippen LogP contribution is 2.37. The third kappa shape index (κ3) is 4.94. The Morgan fingerprint density at radius 2 is 1.89 bits per heavy atom. The minimum Gasteiger partial charge on any atom is -0.481 e. The van der Waals surface area contributed by atoms with Crippen molar-refractivity contribution in [2.75, 3.05) is 0 Å². The molecule has 0 spiro atoms. The van der Waals surface area contributed by atoms with Gasteiger partial charge in [-0.1, -0.05) is 66.8 Å². The van der Waals surface area contributed by atoms with Crippen LogP contribution in [-0.2, 0) is 4.79 Å². The van der Waals surface area contributed by atoms with Crippen LogP contribution in [0.25, 0.3) is 11.1 Å². The summed E-state index contributed by atoms with van der Waals surface area (Å²) >= 11 is 0. The van der Waals surface area contributed by atoms with Crippen LogP contribution in [0, 0.1) is 0 Å². The highest BCUT2D eigenvalue weighted by atomic mass is 16.4. The molecule has 1 aromatic rings. The average Bonchev–Trinajstić information content (AvgIpc) is 2.79. The van der Waals surface area contributed by atoms with Crippen LogP contribution < -0.4 is 0 Å². The number of allylic oxidation sites excluding steroid dienone is 9. The fourth-order valence-corrected chi connectivity index (χ4v) is 3.47. The standard InChI is InChI=1S/C23H24O4/c24-18(14-19(25)15-23(26)27)8-5-7-17-13-12-16-6-1-2-9-20(16)22-11-4-3-10-21(17)22/h1,3-8,10-13,18-19,24-25H,2,9,14-15H2,(H,26,27)/b8-5+,17-7?/t18-,19-/m1/s1. The smallest absolute Gasteiger partial charge is 0.305 e. The fourth-order valence-electron chi connectivity index (χ4n) is 3.47. The molecule has 4 heteroatoms. The van der Waals surface area contributed by atoms with Gasteiger partial charge in [0.15, 0.2) is 0 Å². The molecule has 0 bridgehead atoms. The molecule has 0 aromatic heterocycles. The molecule has 0 unspecified atom stereocenters. The van der Waals surface area contributed by atoms with E-state index in [1.54, 1.807) is 12.2 Å². The molecule has 0 radical (unpaired) electrons. The van der Waals surface area contributed by atoms with Crippen molar-refractivity contribution in [2.45, 2.75) is 37.9 Å². The van der Waals surface area contributed by atoms with Crippen LogP contribution in [0.15, 0.2) is 72.4 Å². The summed E-state index contributed by atoms with van der Waals surface area (Å²) in [6.07, 6.45) is 13.6. The summed E-state index contributed by atoms with van der Waals surface area (Å²) in [6.45, 7) is 0. The number of carboxylic acid groups (broad SMARTS) is 1. The first-order valence-electron chi connectivity index (χ1n) is 9.18. The molecular weight excluding hydrogens is 340 g/mol. The molecule has 0 saturated carbocycles. The third-order valence-electron chi connectivity index (χ3n) is 4.75. The van der Waals surface area contributed by atoms with Gasteiger partial charge in [-0.05, 0) is 40.7 Å². The summed E-state index contributed by atoms with van der Waals surface area (Å²) in [7, 11) is 0. The third-order valence-corrected chi connectivity index (χ3v) is 4.75. The van der Waals surface area contributed by atoms with E-state index in [9.17, 15) is 15.0 Å². The minimum absolute atomic E-state index is 0.000946. The van der Waals surface area contributed by atoms with Gasteiger partial charge in [0.25, 0.3) is 0 Å². The second-order valence-electron chi connectivity index (χ2n) is 6.82. The zero-order chi connectivity index (χ0) is 19.2. The molecule has 2 aliphatic carbocycles. The highest BCUT2D eigenvalue weighted by Gasteiger charge is 2.17. The van der Waals surface area contributed by atoms with Crippen molar-refractivity contribution in [3.8, 4) is 0 Å². The molecule has 4 nitrogen and oxygen atoms in total. The number of hydrogen-bond acceptors (Lipinski definition) is 3. The Morgan fingerprint density at radius 3 is 2.67 bits per heavy atom. The number of hydrogen-bond donors (Lipinski definition) is 3. The van der Waals surface area contributed by atoms with Crippen LogP contribution in [0.3, 0.4) is 0 Å². The van der Waals surface area contributed by atoms with Gasteiger partial charge in [-0.3, -0.25) is 4.79 Å². The predicted molar refractivity (Wildman–Crippen MR) is 107 cm³/mol. The van der Waals surface area contributed by atoms with Gasteiger partial charge in [0.2, 0.25) is 0 Å². The Balaban J connectivity index is 1.79. The van der Waals surface area contributed by atoms with Crippen LogP contribution >= 0.6 is 0 Å². The van der Waals surface area contributed by atoms with Crippen LogP contribution in [0.1, 0.15) is 36.8 Å². The summed E-state index contributed by atoms with van der Waals surface area (Å²) in [5.41, 5.74) is 6.02. The van der Waals surface area contributed by atoms with E-state index in [4.69, 9.17) is 5.11 Å². The maximum Gasteiger partial charge on any atom is 0.305 e. The lowest BCUT2D eigenvalue weighted by molar-refractivity contribution is -0.139. The van der Waals surface area contributed by atoms with E-state index < -0.39 is 18.2 Å². The summed E-state index contributed by atoms with van der Waals surface area (Å²) in [4.78, 5) is 10.6. The van der Waals surface area contributed by atoms with Gasteiger partial charge in [0, 0.05) is 6.42 Å². The molecule has 1 aromatic carbocycles. The van der Waals surface area contributed by atoms with E-state index in [1.807, 2.05) is 18.2 Å². The Bertz CT molecular complexity index is 855. The Morgan fingerprint density at radius 1 is 1.11 bits per heavy atom. The van der Waals surface area contributed by atoms with Gasteiger partial charge in [0.1, 0.15) is 0 Å². The molecule has 0 saturated heterocycles. The van der Waals surface area contributed by atoms with Crippen molar-refractivity contribution in [3.05, 3.63) is 83.5 Å². The van der Waals surface area contributed by atoms with Gasteiger partial charge in [-0.25, -0.2) is 0 Å². The Kier molecular flexibility index (Phi) is 6.22. The van der Waals surface area contributed by atoms with Crippen molar-refractivity contribution >= 4 is 17.1 Å². The van der Waals surface area contributed by atoms with Crippen molar-refractivity contribution in [3.63, 3.8) is 0 Å². The van der Waals surface area contributed by atoms with E-state index in [0.717, 1.165) is 24.0 Å². The summed E-state index contributed by atoms with van der Waals surface area (Å²) in [5.74, 6) is -1.08. The van der Waals surface area contributed by atoms with Gasteiger partial charge < -0.3 is 15.3 Å². The van der Waals surface area contributed by atoms with Gasteiger partial charge in [-0.15, -0.1) is 0 Å². The zero-order valence-electron chi connectivity index (χ0n) is 15.1. The zero-order valence-corrected chi connectivity index (χ0v) is 15.1. The molecular formula is C23H24O4. The Hall–Kier alpha value is -2.69. The molecule has 3 N–H and O–H groups in total. The van der Waals surface area contributed by atoms with E-state index in [-0.39, 0.29) is 12.8 Å². The van der Waals surface area contributed by atoms with Crippen molar-refractivity contribution in [2.24, 2.45) is 0 Å². The van der Waals surface area contributed by atoms with Crippen molar-refractivity contribution < 1.29 is 20.1 Å². The van der Waals surface area contributed by atoms with Gasteiger partial charge >= 0.3 is 5.97 Å². The lowest BCUT2D eigenvalue weighted by Gasteiger charge is -2.15. The monoisotopic (exact) mass is 364 g/mol. The number of aliphatic carboxylic acids is 1. The summed E-state index contributed by atoms with van der Waals surface area (Å²) < 4.78 is 0. The SMILES string of the molecule is O=C(O)C[C@H](O)C[C@H](O)/C=C/C=C1C=CC2=C(CCC=C2)c2ccccc21. The number of rotatable bonds is 6. The number of aliphatic hydroxyl groups is 2. The molecule has 0 heterocycles. The minimum atomic E-state index is -1.08. The normalized spacial score (nSPS) is 19.7. The number of fused-ring (bicyclic) bond motifs is 2. The topological polar surface area (TPSA) is 77.8 Å². The second kappa shape index (κ2) is 8.80. The second-order valence-corrected chi connectivity index (χ2v) is 6.82. The molecule has 0 amide bonds. The fraction of sp³-hybridized carbons (Fsp3) is 0.261. The molecule has 2 aliphatic rings. The van der Waals surface area contributed by atoms with E-state index in [2.05, 4.69) is 36.4 Å². The lowest BCUT2D eigenvalue weighted by atomic mass is 9.89. The predicted octanol–water partition coefficient (Wildman–Crippen LogP) is 3.89. The van der Waals surface area contributed by atoms with Crippen LogP contribution in [0.4, 0.5) is 0 Å². The largest absolute Gasteiger partial charge is 0.481 e.